The molecule has 1 rings (SSSR count). The molecular formula is C15H28N4O2. The maximum atomic E-state index is 11.6. The Balaban J connectivity index is 2.25. The highest BCUT2D eigenvalue weighted by Crippen LogP contribution is 2.11. The van der Waals surface area contributed by atoms with E-state index < -0.39 is 0 Å². The predicted octanol–water partition coefficient (Wildman–Crippen LogP) is 1.29. The third-order valence-electron chi connectivity index (χ3n) is 3.81. The Morgan fingerprint density at radius 3 is 2.43 bits per heavy atom. The van der Waals surface area contributed by atoms with E-state index in [-0.39, 0.29) is 18.1 Å². The first-order valence-electron chi connectivity index (χ1n) is 7.51. The summed E-state index contributed by atoms with van der Waals surface area (Å²) in [6.07, 6.45) is 0.977. The number of rotatable bonds is 7. The van der Waals surface area contributed by atoms with E-state index in [4.69, 9.17) is 0 Å². The lowest BCUT2D eigenvalue weighted by molar-refractivity contribution is 0.116. The molecule has 1 aromatic heterocycles. The van der Waals surface area contributed by atoms with Gasteiger partial charge in [0, 0.05) is 25.8 Å². The van der Waals surface area contributed by atoms with E-state index in [1.165, 1.54) is 5.56 Å². The van der Waals surface area contributed by atoms with Gasteiger partial charge in [-0.1, -0.05) is 13.8 Å². The van der Waals surface area contributed by atoms with E-state index in [2.05, 4.69) is 15.7 Å². The molecule has 0 saturated heterocycles. The number of aryl methyl sites for hydroxylation is 2. The molecule has 0 bridgehead atoms. The number of aromatic nitrogens is 2. The van der Waals surface area contributed by atoms with Crippen molar-refractivity contribution in [1.82, 2.24) is 20.4 Å². The van der Waals surface area contributed by atoms with Crippen LogP contribution in [0.5, 0.6) is 0 Å². The second kappa shape index (κ2) is 8.02. The van der Waals surface area contributed by atoms with Gasteiger partial charge in [0.25, 0.3) is 0 Å². The van der Waals surface area contributed by atoms with Gasteiger partial charge in [0.2, 0.25) is 0 Å². The van der Waals surface area contributed by atoms with Gasteiger partial charge in [-0.2, -0.15) is 5.10 Å². The number of nitrogens with one attached hydrogen (secondary N) is 2. The number of nitrogens with zero attached hydrogens (tertiary/aromatic N) is 2. The van der Waals surface area contributed by atoms with E-state index >= 15 is 0 Å². The average molecular weight is 296 g/mol. The van der Waals surface area contributed by atoms with Crippen LogP contribution in [0.4, 0.5) is 4.79 Å². The summed E-state index contributed by atoms with van der Waals surface area (Å²) >= 11 is 0. The molecule has 0 aromatic carbocycles. The molecule has 6 nitrogen and oxygen atoms in total. The normalized spacial score (nSPS) is 12.5. The minimum Gasteiger partial charge on any atom is -0.393 e. The topological polar surface area (TPSA) is 79.2 Å². The number of amides is 2. The Hall–Kier alpha value is -1.56. The first kappa shape index (κ1) is 17.5. The van der Waals surface area contributed by atoms with Gasteiger partial charge in [0.05, 0.1) is 11.8 Å². The third kappa shape index (κ3) is 5.38. The fourth-order valence-electron chi connectivity index (χ4n) is 2.21. The second-order valence-electron chi connectivity index (χ2n) is 5.81. The number of urea groups is 1. The number of aliphatic hydroxyl groups is 1. The zero-order valence-electron chi connectivity index (χ0n) is 13.7. The summed E-state index contributed by atoms with van der Waals surface area (Å²) in [6, 6.07) is -0.190. The molecule has 3 N–H and O–H groups in total. The zero-order chi connectivity index (χ0) is 16.0. The molecule has 0 aliphatic heterocycles. The SMILES string of the molecule is Cc1nn(C)c(C)c1CCNC(=O)NCCC(O)C(C)C. The monoisotopic (exact) mass is 296 g/mol. The smallest absolute Gasteiger partial charge is 0.314 e. The largest absolute Gasteiger partial charge is 0.393 e. The number of aliphatic hydroxyl groups excluding tert-OH is 1. The van der Waals surface area contributed by atoms with Crippen LogP contribution in [-0.2, 0) is 13.5 Å². The highest BCUT2D eigenvalue weighted by Gasteiger charge is 2.11. The maximum absolute atomic E-state index is 11.6. The van der Waals surface area contributed by atoms with Crippen molar-refractivity contribution in [3.05, 3.63) is 17.0 Å². The summed E-state index contributed by atoms with van der Waals surface area (Å²) in [5, 5.41) is 19.6. The van der Waals surface area contributed by atoms with Gasteiger partial charge in [-0.05, 0) is 38.2 Å². The Bertz CT molecular complexity index is 468. The Kier molecular flexibility index (Phi) is 6.68. The molecule has 0 aliphatic carbocycles. The molecule has 0 radical (unpaired) electrons. The molecule has 120 valence electrons. The van der Waals surface area contributed by atoms with E-state index in [0.29, 0.717) is 19.5 Å². The fraction of sp³-hybridized carbons (Fsp3) is 0.733. The molecule has 2 amide bonds. The van der Waals surface area contributed by atoms with Crippen LogP contribution in [0.3, 0.4) is 0 Å². The summed E-state index contributed by atoms with van der Waals surface area (Å²) in [7, 11) is 1.92. The molecule has 0 spiro atoms. The van der Waals surface area contributed by atoms with Crippen LogP contribution in [0, 0.1) is 19.8 Å². The van der Waals surface area contributed by atoms with Crippen molar-refractivity contribution >= 4 is 6.03 Å². The number of carbonyl (C=O) groups excluding carboxylic acids is 1. The Morgan fingerprint density at radius 2 is 1.90 bits per heavy atom. The molecule has 21 heavy (non-hydrogen) atoms. The van der Waals surface area contributed by atoms with E-state index in [1.54, 1.807) is 0 Å². The predicted molar refractivity (Wildman–Crippen MR) is 83.2 cm³/mol. The van der Waals surface area contributed by atoms with Crippen molar-refractivity contribution in [3.63, 3.8) is 0 Å². The van der Waals surface area contributed by atoms with Crippen molar-refractivity contribution in [2.75, 3.05) is 13.1 Å². The van der Waals surface area contributed by atoms with Crippen molar-refractivity contribution in [2.45, 2.75) is 46.6 Å². The minimum absolute atomic E-state index is 0.190. The second-order valence-corrected chi connectivity index (χ2v) is 5.81. The minimum atomic E-state index is -0.369. The third-order valence-corrected chi connectivity index (χ3v) is 3.81. The van der Waals surface area contributed by atoms with Gasteiger partial charge in [0.1, 0.15) is 0 Å². The number of carbonyl (C=O) groups is 1. The lowest BCUT2D eigenvalue weighted by Crippen LogP contribution is -2.38. The van der Waals surface area contributed by atoms with Crippen LogP contribution in [0.25, 0.3) is 0 Å². The van der Waals surface area contributed by atoms with Gasteiger partial charge in [-0.15, -0.1) is 0 Å². The van der Waals surface area contributed by atoms with Crippen LogP contribution in [0.2, 0.25) is 0 Å². The molecule has 1 aromatic rings. The van der Waals surface area contributed by atoms with Crippen molar-refractivity contribution in [1.29, 1.82) is 0 Å². The molecule has 1 atom stereocenters. The van der Waals surface area contributed by atoms with Gasteiger partial charge in [0.15, 0.2) is 0 Å². The van der Waals surface area contributed by atoms with Crippen molar-refractivity contribution in [2.24, 2.45) is 13.0 Å². The first-order chi connectivity index (χ1) is 9.82. The van der Waals surface area contributed by atoms with Gasteiger partial charge in [-0.3, -0.25) is 4.68 Å². The maximum Gasteiger partial charge on any atom is 0.314 e. The molecule has 6 heteroatoms. The first-order valence-corrected chi connectivity index (χ1v) is 7.51. The summed E-state index contributed by atoms with van der Waals surface area (Å²) in [5.74, 6) is 0.214. The van der Waals surface area contributed by atoms with Gasteiger partial charge in [-0.25, -0.2) is 4.79 Å². The van der Waals surface area contributed by atoms with E-state index in [0.717, 1.165) is 17.8 Å². The molecule has 0 saturated carbocycles. The zero-order valence-corrected chi connectivity index (χ0v) is 13.7. The van der Waals surface area contributed by atoms with Gasteiger partial charge >= 0.3 is 6.03 Å². The number of hydrogen-bond acceptors (Lipinski definition) is 3. The molecular weight excluding hydrogens is 268 g/mol. The molecule has 0 aliphatic rings. The summed E-state index contributed by atoms with van der Waals surface area (Å²) < 4.78 is 1.86. The van der Waals surface area contributed by atoms with Crippen LogP contribution < -0.4 is 10.6 Å². The summed E-state index contributed by atoms with van der Waals surface area (Å²) in [4.78, 5) is 11.6. The Morgan fingerprint density at radius 1 is 1.29 bits per heavy atom. The molecule has 0 fully saturated rings. The Labute approximate surface area is 126 Å². The van der Waals surface area contributed by atoms with Crippen LogP contribution >= 0.6 is 0 Å². The van der Waals surface area contributed by atoms with E-state index in [9.17, 15) is 9.90 Å². The lowest BCUT2D eigenvalue weighted by Gasteiger charge is -2.14. The lowest BCUT2D eigenvalue weighted by atomic mass is 10.0. The summed E-state index contributed by atoms with van der Waals surface area (Å²) in [5.41, 5.74) is 3.33. The fourth-order valence-corrected chi connectivity index (χ4v) is 2.21. The molecule has 1 heterocycles. The van der Waals surface area contributed by atoms with E-state index in [1.807, 2.05) is 39.4 Å². The summed E-state index contributed by atoms with van der Waals surface area (Å²) in [6.45, 7) is 8.99. The van der Waals surface area contributed by atoms with Crippen LogP contribution in [0.1, 0.15) is 37.2 Å². The highest BCUT2D eigenvalue weighted by atomic mass is 16.3. The van der Waals surface area contributed by atoms with Crippen LogP contribution in [-0.4, -0.2) is 40.1 Å². The quantitative estimate of drug-likeness (QED) is 0.709. The molecule has 1 unspecified atom stereocenters. The standard InChI is InChI=1S/C15H28N4O2/c1-10(2)14(20)7-9-17-15(21)16-8-6-13-11(3)18-19(5)12(13)4/h10,14,20H,6-9H2,1-5H3,(H2,16,17,21). The van der Waals surface area contributed by atoms with Gasteiger partial charge < -0.3 is 15.7 Å². The highest BCUT2D eigenvalue weighted by molar-refractivity contribution is 5.73. The number of hydrogen-bond donors (Lipinski definition) is 3. The average Bonchev–Trinajstić information content (AvgIpc) is 2.64. The van der Waals surface area contributed by atoms with Crippen molar-refractivity contribution in [3.8, 4) is 0 Å². The van der Waals surface area contributed by atoms with Crippen LogP contribution in [0.15, 0.2) is 0 Å². The van der Waals surface area contributed by atoms with Crippen molar-refractivity contribution < 1.29 is 9.90 Å².